The quantitative estimate of drug-likeness (QED) is 0.379. The highest BCUT2D eigenvalue weighted by Crippen LogP contribution is 2.36. The first kappa shape index (κ1) is 18.6. The number of rotatable bonds is 9. The van der Waals surface area contributed by atoms with Gasteiger partial charge in [-0.15, -0.1) is 6.58 Å². The molecule has 0 bridgehead atoms. The van der Waals surface area contributed by atoms with Gasteiger partial charge in [0.15, 0.2) is 8.32 Å². The van der Waals surface area contributed by atoms with E-state index in [1.807, 2.05) is 6.08 Å². The van der Waals surface area contributed by atoms with E-state index >= 15 is 0 Å². The van der Waals surface area contributed by atoms with Crippen molar-refractivity contribution in [3.63, 3.8) is 0 Å². The van der Waals surface area contributed by atoms with Gasteiger partial charge in [-0.25, -0.2) is 0 Å². The average Bonchev–Trinajstić information content (AvgIpc) is 2.30. The van der Waals surface area contributed by atoms with E-state index in [0.29, 0.717) is 5.04 Å². The van der Waals surface area contributed by atoms with Crippen LogP contribution in [0.1, 0.15) is 46.5 Å². The zero-order valence-electron chi connectivity index (χ0n) is 13.5. The first-order valence-electron chi connectivity index (χ1n) is 7.28. The lowest BCUT2D eigenvalue weighted by Gasteiger charge is -2.36. The molecular formula is C16H32O2Si. The lowest BCUT2D eigenvalue weighted by molar-refractivity contribution is 0.279. The first-order valence-corrected chi connectivity index (χ1v) is 10.2. The van der Waals surface area contributed by atoms with Crippen molar-refractivity contribution < 1.29 is 9.53 Å². The van der Waals surface area contributed by atoms with E-state index < -0.39 is 8.32 Å². The third-order valence-electron chi connectivity index (χ3n) is 3.91. The Bertz CT molecular complexity index is 288. The van der Waals surface area contributed by atoms with Gasteiger partial charge in [0.25, 0.3) is 0 Å². The molecular weight excluding hydrogens is 252 g/mol. The highest BCUT2D eigenvalue weighted by atomic mass is 28.4. The summed E-state index contributed by atoms with van der Waals surface area (Å²) in [5.74, 6) is 0. The molecule has 0 saturated heterocycles. The second-order valence-electron chi connectivity index (χ2n) is 6.62. The number of hydrogen-bond acceptors (Lipinski definition) is 2. The summed E-state index contributed by atoms with van der Waals surface area (Å²) >= 11 is 0. The topological polar surface area (TPSA) is 29.5 Å². The molecule has 0 atom stereocenters. The van der Waals surface area contributed by atoms with Crippen LogP contribution in [0.25, 0.3) is 0 Å². The lowest BCUT2D eigenvalue weighted by Crippen LogP contribution is -2.40. The minimum Gasteiger partial charge on any atom is -0.417 e. The number of aliphatic hydroxyl groups is 1. The normalized spacial score (nSPS) is 13.7. The van der Waals surface area contributed by atoms with Crippen LogP contribution >= 0.6 is 0 Å². The Morgan fingerprint density at radius 2 is 1.89 bits per heavy atom. The van der Waals surface area contributed by atoms with Gasteiger partial charge >= 0.3 is 0 Å². The van der Waals surface area contributed by atoms with Gasteiger partial charge in [-0.3, -0.25) is 0 Å². The van der Waals surface area contributed by atoms with Crippen molar-refractivity contribution in [3.05, 3.63) is 24.3 Å². The third-order valence-corrected chi connectivity index (χ3v) is 8.45. The standard InChI is InChI=1S/C16H32O2Si/c1-7-11-15(14-17)12-9-8-10-13-18-19(5,6)16(2,3)4/h7,12,17H,1,8-11,13-14H2,2-6H3/b15-12+. The molecule has 19 heavy (non-hydrogen) atoms. The molecule has 0 fully saturated rings. The second kappa shape index (κ2) is 8.72. The van der Waals surface area contributed by atoms with Gasteiger partial charge in [0.1, 0.15) is 0 Å². The summed E-state index contributed by atoms with van der Waals surface area (Å²) in [4.78, 5) is 0. The van der Waals surface area contributed by atoms with Gasteiger partial charge in [-0.2, -0.15) is 0 Å². The van der Waals surface area contributed by atoms with Crippen molar-refractivity contribution in [3.8, 4) is 0 Å². The summed E-state index contributed by atoms with van der Waals surface area (Å²) < 4.78 is 6.13. The van der Waals surface area contributed by atoms with E-state index in [4.69, 9.17) is 9.53 Å². The highest BCUT2D eigenvalue weighted by Gasteiger charge is 2.36. The fraction of sp³-hybridized carbons (Fsp3) is 0.750. The van der Waals surface area contributed by atoms with Crippen molar-refractivity contribution in [2.75, 3.05) is 13.2 Å². The van der Waals surface area contributed by atoms with Crippen LogP contribution in [-0.2, 0) is 4.43 Å². The summed E-state index contributed by atoms with van der Waals surface area (Å²) in [6, 6.07) is 0. The molecule has 3 heteroatoms. The van der Waals surface area contributed by atoms with Gasteiger partial charge in [0.05, 0.1) is 6.61 Å². The predicted molar refractivity (Wildman–Crippen MR) is 87.0 cm³/mol. The maximum absolute atomic E-state index is 9.12. The number of allylic oxidation sites excluding steroid dienone is 2. The molecule has 0 aromatic carbocycles. The Labute approximate surface area is 120 Å². The summed E-state index contributed by atoms with van der Waals surface area (Å²) in [7, 11) is -1.58. The van der Waals surface area contributed by atoms with E-state index in [0.717, 1.165) is 37.9 Å². The molecule has 0 radical (unpaired) electrons. The van der Waals surface area contributed by atoms with Crippen molar-refractivity contribution in [1.29, 1.82) is 0 Å². The largest absolute Gasteiger partial charge is 0.417 e. The Kier molecular flexibility index (Phi) is 8.55. The number of hydrogen-bond donors (Lipinski definition) is 1. The van der Waals surface area contributed by atoms with Crippen LogP contribution in [0.3, 0.4) is 0 Å². The van der Waals surface area contributed by atoms with Crippen LogP contribution in [-0.4, -0.2) is 26.6 Å². The monoisotopic (exact) mass is 284 g/mol. The molecule has 0 aromatic heterocycles. The maximum Gasteiger partial charge on any atom is 0.191 e. The van der Waals surface area contributed by atoms with E-state index in [2.05, 4.69) is 46.5 Å². The van der Waals surface area contributed by atoms with Gasteiger partial charge in [-0.1, -0.05) is 32.9 Å². The van der Waals surface area contributed by atoms with Gasteiger partial charge in [0, 0.05) is 6.61 Å². The maximum atomic E-state index is 9.12. The Hall–Kier alpha value is -0.383. The molecule has 0 saturated carbocycles. The molecule has 2 nitrogen and oxygen atoms in total. The minimum absolute atomic E-state index is 0.145. The molecule has 0 aliphatic rings. The molecule has 0 aliphatic heterocycles. The molecule has 112 valence electrons. The van der Waals surface area contributed by atoms with E-state index in [1.54, 1.807) is 0 Å². The second-order valence-corrected chi connectivity index (χ2v) is 11.4. The molecule has 0 spiro atoms. The van der Waals surface area contributed by atoms with Crippen LogP contribution in [0.2, 0.25) is 18.1 Å². The summed E-state index contributed by atoms with van der Waals surface area (Å²) in [5, 5.41) is 9.41. The molecule has 0 amide bonds. The molecule has 0 aliphatic carbocycles. The van der Waals surface area contributed by atoms with Gasteiger partial charge in [0.2, 0.25) is 0 Å². The predicted octanol–water partition coefficient (Wildman–Crippen LogP) is 4.67. The fourth-order valence-electron chi connectivity index (χ4n) is 1.49. The van der Waals surface area contributed by atoms with E-state index in [-0.39, 0.29) is 6.61 Å². The van der Waals surface area contributed by atoms with Gasteiger partial charge < -0.3 is 9.53 Å². The molecule has 1 N–H and O–H groups in total. The van der Waals surface area contributed by atoms with Crippen LogP contribution in [0.15, 0.2) is 24.3 Å². The highest BCUT2D eigenvalue weighted by molar-refractivity contribution is 6.74. The number of aliphatic hydroxyl groups excluding tert-OH is 1. The van der Waals surface area contributed by atoms with Crippen LogP contribution in [0.4, 0.5) is 0 Å². The summed E-state index contributed by atoms with van der Waals surface area (Å²) in [6.07, 6.45) is 7.99. The number of unbranched alkanes of at least 4 members (excludes halogenated alkanes) is 2. The van der Waals surface area contributed by atoms with Crippen molar-refractivity contribution in [1.82, 2.24) is 0 Å². The SMILES string of the molecule is C=CC/C(=C\CCCCO[Si](C)(C)C(C)(C)C)CO. The Balaban J connectivity index is 3.85. The molecule has 0 heterocycles. The smallest absolute Gasteiger partial charge is 0.191 e. The minimum atomic E-state index is -1.58. The molecule has 0 unspecified atom stereocenters. The van der Waals surface area contributed by atoms with Crippen LogP contribution in [0.5, 0.6) is 0 Å². The van der Waals surface area contributed by atoms with Crippen molar-refractivity contribution >= 4 is 8.32 Å². The van der Waals surface area contributed by atoms with Crippen LogP contribution < -0.4 is 0 Å². The van der Waals surface area contributed by atoms with E-state index in [9.17, 15) is 0 Å². The lowest BCUT2D eigenvalue weighted by atomic mass is 10.1. The Morgan fingerprint density at radius 3 is 2.37 bits per heavy atom. The fourth-order valence-corrected chi connectivity index (χ4v) is 2.58. The summed E-state index contributed by atoms with van der Waals surface area (Å²) in [6.45, 7) is 16.1. The van der Waals surface area contributed by atoms with Crippen molar-refractivity contribution in [2.45, 2.75) is 64.6 Å². The van der Waals surface area contributed by atoms with Crippen LogP contribution in [0, 0.1) is 0 Å². The first-order chi connectivity index (χ1) is 8.74. The summed E-state index contributed by atoms with van der Waals surface area (Å²) in [5.41, 5.74) is 1.07. The third kappa shape index (κ3) is 7.70. The zero-order valence-corrected chi connectivity index (χ0v) is 14.5. The van der Waals surface area contributed by atoms with Crippen molar-refractivity contribution in [2.24, 2.45) is 0 Å². The van der Waals surface area contributed by atoms with Gasteiger partial charge in [-0.05, 0) is 49.4 Å². The Morgan fingerprint density at radius 1 is 1.26 bits per heavy atom. The zero-order chi connectivity index (χ0) is 14.9. The molecule has 0 rings (SSSR count). The average molecular weight is 285 g/mol. The molecule has 0 aromatic rings. The van der Waals surface area contributed by atoms with E-state index in [1.165, 1.54) is 0 Å².